The smallest absolute Gasteiger partial charge is 0.253 e. The molecule has 0 atom stereocenters. The molecule has 3 rings (SSSR count). The van der Waals surface area contributed by atoms with Crippen molar-refractivity contribution >= 4 is 23.4 Å². The maximum Gasteiger partial charge on any atom is 0.253 e. The van der Waals surface area contributed by atoms with Gasteiger partial charge in [-0.15, -0.1) is 5.10 Å². The van der Waals surface area contributed by atoms with Crippen LogP contribution < -0.4 is 0 Å². The van der Waals surface area contributed by atoms with Crippen molar-refractivity contribution in [3.63, 3.8) is 0 Å². The molecule has 3 aromatic rings. The summed E-state index contributed by atoms with van der Waals surface area (Å²) in [6, 6.07) is 6.76. The minimum Gasteiger partial charge on any atom is -0.342 e. The number of carbonyl (C=O) groups is 1. The van der Waals surface area contributed by atoms with Crippen molar-refractivity contribution < 1.29 is 9.18 Å². The summed E-state index contributed by atoms with van der Waals surface area (Å²) >= 11 is 1.33. The van der Waals surface area contributed by atoms with Crippen LogP contribution in [-0.4, -0.2) is 49.2 Å². The molecule has 160 valence electrons. The van der Waals surface area contributed by atoms with E-state index in [1.54, 1.807) is 16.6 Å². The molecule has 1 amide bonds. The van der Waals surface area contributed by atoms with Gasteiger partial charge in [0.25, 0.3) is 5.78 Å². The fourth-order valence-corrected chi connectivity index (χ4v) is 4.18. The monoisotopic (exact) mass is 429 g/mol. The van der Waals surface area contributed by atoms with Gasteiger partial charge < -0.3 is 4.90 Å². The number of halogens is 1. The van der Waals surface area contributed by atoms with E-state index in [0.717, 1.165) is 42.9 Å². The Morgan fingerprint density at radius 2 is 1.83 bits per heavy atom. The van der Waals surface area contributed by atoms with E-state index in [4.69, 9.17) is 0 Å². The largest absolute Gasteiger partial charge is 0.342 e. The number of amides is 1. The van der Waals surface area contributed by atoms with Crippen LogP contribution in [0.5, 0.6) is 0 Å². The number of aryl methyl sites for hydroxylation is 2. The highest BCUT2D eigenvalue weighted by Crippen LogP contribution is 2.22. The van der Waals surface area contributed by atoms with Crippen molar-refractivity contribution in [3.05, 3.63) is 52.6 Å². The van der Waals surface area contributed by atoms with Crippen LogP contribution in [0, 0.1) is 19.7 Å². The summed E-state index contributed by atoms with van der Waals surface area (Å²) in [5.41, 5.74) is 3.24. The van der Waals surface area contributed by atoms with Gasteiger partial charge in [0.1, 0.15) is 5.82 Å². The van der Waals surface area contributed by atoms with E-state index in [9.17, 15) is 9.18 Å². The Kier molecular flexibility index (Phi) is 7.42. The second-order valence-corrected chi connectivity index (χ2v) is 8.25. The Balaban J connectivity index is 1.80. The third kappa shape index (κ3) is 4.98. The average molecular weight is 430 g/mol. The maximum absolute atomic E-state index is 14.1. The van der Waals surface area contributed by atoms with E-state index in [1.807, 2.05) is 24.8 Å². The third-order valence-corrected chi connectivity index (χ3v) is 5.84. The average Bonchev–Trinajstić information content (AvgIpc) is 3.13. The second kappa shape index (κ2) is 10.0. The van der Waals surface area contributed by atoms with Crippen LogP contribution in [0.25, 0.3) is 5.78 Å². The van der Waals surface area contributed by atoms with Crippen LogP contribution in [0.4, 0.5) is 4.39 Å². The molecule has 2 heterocycles. The standard InChI is InChI=1S/C22H28FN5OS/c1-5-11-27(12-6-2)20(29)14-30-22-25-21-24-15(3)18(16(4)28(21)26-22)13-17-9-7-8-10-19(17)23/h7-10H,5-6,11-14H2,1-4H3. The van der Waals surface area contributed by atoms with Crippen LogP contribution in [0.1, 0.15) is 49.2 Å². The van der Waals surface area contributed by atoms with Gasteiger partial charge in [-0.25, -0.2) is 13.9 Å². The van der Waals surface area contributed by atoms with Crippen molar-refractivity contribution in [2.75, 3.05) is 18.8 Å². The van der Waals surface area contributed by atoms with E-state index >= 15 is 0 Å². The van der Waals surface area contributed by atoms with Gasteiger partial charge >= 0.3 is 0 Å². The number of fused-ring (bicyclic) bond motifs is 1. The zero-order chi connectivity index (χ0) is 21.7. The molecular weight excluding hydrogens is 401 g/mol. The highest BCUT2D eigenvalue weighted by molar-refractivity contribution is 7.99. The first-order valence-electron chi connectivity index (χ1n) is 10.3. The molecule has 0 aliphatic heterocycles. The first-order valence-corrected chi connectivity index (χ1v) is 11.3. The minimum absolute atomic E-state index is 0.101. The van der Waals surface area contributed by atoms with E-state index in [2.05, 4.69) is 28.9 Å². The molecule has 6 nitrogen and oxygen atoms in total. The molecule has 0 bridgehead atoms. The Labute approximate surface area is 180 Å². The first kappa shape index (κ1) is 22.2. The molecule has 0 N–H and O–H groups in total. The zero-order valence-electron chi connectivity index (χ0n) is 18.0. The summed E-state index contributed by atoms with van der Waals surface area (Å²) in [5, 5.41) is 5.07. The quantitative estimate of drug-likeness (QED) is 0.477. The highest BCUT2D eigenvalue weighted by Gasteiger charge is 2.17. The summed E-state index contributed by atoms with van der Waals surface area (Å²) in [6.45, 7) is 9.53. The van der Waals surface area contributed by atoms with Gasteiger partial charge in [-0.2, -0.15) is 4.98 Å². The van der Waals surface area contributed by atoms with Gasteiger partial charge in [-0.3, -0.25) is 4.79 Å². The fourth-order valence-electron chi connectivity index (χ4n) is 3.46. The fraction of sp³-hybridized carbons (Fsp3) is 0.455. The Hall–Kier alpha value is -2.48. The summed E-state index contributed by atoms with van der Waals surface area (Å²) in [4.78, 5) is 23.4. The van der Waals surface area contributed by atoms with Crippen molar-refractivity contribution in [1.82, 2.24) is 24.5 Å². The number of thioether (sulfide) groups is 1. The van der Waals surface area contributed by atoms with Crippen molar-refractivity contribution in [3.8, 4) is 0 Å². The lowest BCUT2D eigenvalue weighted by Gasteiger charge is -2.20. The van der Waals surface area contributed by atoms with Gasteiger partial charge in [0.05, 0.1) is 5.75 Å². The lowest BCUT2D eigenvalue weighted by Crippen LogP contribution is -2.33. The van der Waals surface area contributed by atoms with Gasteiger partial charge in [0, 0.05) is 30.9 Å². The van der Waals surface area contributed by atoms with Gasteiger partial charge in [-0.1, -0.05) is 43.8 Å². The topological polar surface area (TPSA) is 63.4 Å². The van der Waals surface area contributed by atoms with E-state index in [0.29, 0.717) is 28.7 Å². The lowest BCUT2D eigenvalue weighted by atomic mass is 10.0. The number of aromatic nitrogens is 4. The van der Waals surface area contributed by atoms with Crippen molar-refractivity contribution in [2.24, 2.45) is 0 Å². The number of hydrogen-bond acceptors (Lipinski definition) is 5. The molecule has 1 aromatic carbocycles. The zero-order valence-corrected chi connectivity index (χ0v) is 18.8. The number of benzene rings is 1. The van der Waals surface area contributed by atoms with E-state index < -0.39 is 0 Å². The summed E-state index contributed by atoms with van der Waals surface area (Å²) < 4.78 is 15.8. The normalized spacial score (nSPS) is 11.2. The third-order valence-electron chi connectivity index (χ3n) is 5.02. The van der Waals surface area contributed by atoms with Gasteiger partial charge in [0.2, 0.25) is 11.1 Å². The molecule has 0 radical (unpaired) electrons. The molecule has 0 saturated heterocycles. The highest BCUT2D eigenvalue weighted by atomic mass is 32.2. The molecule has 8 heteroatoms. The molecule has 30 heavy (non-hydrogen) atoms. The summed E-state index contributed by atoms with van der Waals surface area (Å²) in [6.07, 6.45) is 2.32. The Morgan fingerprint density at radius 3 is 2.50 bits per heavy atom. The molecule has 2 aromatic heterocycles. The number of carbonyl (C=O) groups excluding carboxylic acids is 1. The predicted octanol–water partition coefficient (Wildman–Crippen LogP) is 4.21. The summed E-state index contributed by atoms with van der Waals surface area (Å²) in [7, 11) is 0. The minimum atomic E-state index is -0.228. The number of rotatable bonds is 9. The van der Waals surface area contributed by atoms with Crippen LogP contribution in [0.2, 0.25) is 0 Å². The first-order chi connectivity index (χ1) is 14.4. The summed E-state index contributed by atoms with van der Waals surface area (Å²) in [5.74, 6) is 0.671. The van der Waals surface area contributed by atoms with E-state index in [-0.39, 0.29) is 11.7 Å². The Morgan fingerprint density at radius 1 is 1.13 bits per heavy atom. The van der Waals surface area contributed by atoms with E-state index in [1.165, 1.54) is 17.8 Å². The van der Waals surface area contributed by atoms with Crippen molar-refractivity contribution in [2.45, 2.75) is 52.1 Å². The molecular formula is C22H28FN5OS. The van der Waals surface area contributed by atoms with Crippen LogP contribution in [0.15, 0.2) is 29.4 Å². The number of nitrogens with zero attached hydrogens (tertiary/aromatic N) is 5. The SMILES string of the molecule is CCCN(CCC)C(=O)CSc1nc2nc(C)c(Cc3ccccc3F)c(C)n2n1. The molecule has 0 spiro atoms. The van der Waals surface area contributed by atoms with Gasteiger partial charge in [0.15, 0.2) is 0 Å². The van der Waals surface area contributed by atoms with Crippen LogP contribution >= 0.6 is 11.8 Å². The van der Waals surface area contributed by atoms with Crippen molar-refractivity contribution in [1.29, 1.82) is 0 Å². The molecule has 0 unspecified atom stereocenters. The lowest BCUT2D eigenvalue weighted by molar-refractivity contribution is -0.128. The second-order valence-electron chi connectivity index (χ2n) is 7.31. The number of hydrogen-bond donors (Lipinski definition) is 0. The van der Waals surface area contributed by atoms with Gasteiger partial charge in [-0.05, 0) is 43.9 Å². The maximum atomic E-state index is 14.1. The molecule has 0 fully saturated rings. The van der Waals surface area contributed by atoms with Crippen LogP contribution in [0.3, 0.4) is 0 Å². The molecule has 0 aliphatic rings. The predicted molar refractivity (Wildman–Crippen MR) is 117 cm³/mol. The van der Waals surface area contributed by atoms with Crippen LogP contribution in [-0.2, 0) is 11.2 Å². The molecule has 0 aliphatic carbocycles. The Bertz CT molecular complexity index is 1030. The molecule has 0 saturated carbocycles.